The lowest BCUT2D eigenvalue weighted by Gasteiger charge is -2.29. The van der Waals surface area contributed by atoms with Crippen LogP contribution in [-0.4, -0.2) is 105 Å². The number of amides is 2. The van der Waals surface area contributed by atoms with Crippen LogP contribution in [0.2, 0.25) is 0 Å². The Balaban J connectivity index is 2.14. The van der Waals surface area contributed by atoms with Gasteiger partial charge in [-0.15, -0.1) is 0 Å². The van der Waals surface area contributed by atoms with E-state index in [1.54, 1.807) is 24.3 Å². The predicted molar refractivity (Wildman–Crippen MR) is 126 cm³/mol. The topological polar surface area (TPSA) is 216 Å². The number of carboxylic acids is 4. The Hall–Kier alpha value is -4.14. The first-order valence-corrected chi connectivity index (χ1v) is 11.1. The fraction of sp³-hybridized carbons (Fsp3) is 0.391. The number of benzene rings is 1. The second-order valence-electron chi connectivity index (χ2n) is 8.37. The van der Waals surface area contributed by atoms with E-state index in [0.717, 1.165) is 17.1 Å². The van der Waals surface area contributed by atoms with E-state index in [0.29, 0.717) is 11.3 Å². The van der Waals surface area contributed by atoms with Gasteiger partial charge in [-0.3, -0.25) is 29.4 Å². The van der Waals surface area contributed by atoms with Crippen molar-refractivity contribution in [2.75, 3.05) is 31.1 Å². The molecule has 1 heterocycles. The molecule has 0 bridgehead atoms. The van der Waals surface area contributed by atoms with Gasteiger partial charge in [-0.05, 0) is 31.0 Å². The molecule has 0 saturated carbocycles. The summed E-state index contributed by atoms with van der Waals surface area (Å²) in [6.45, 7) is 0.380. The molecule has 199 valence electrons. The van der Waals surface area contributed by atoms with Gasteiger partial charge in [-0.2, -0.15) is 0 Å². The van der Waals surface area contributed by atoms with Crippen LogP contribution in [0.3, 0.4) is 0 Å². The number of nitrogens with one attached hydrogen (secondary N) is 1. The Morgan fingerprint density at radius 1 is 0.919 bits per heavy atom. The monoisotopic (exact) mass is 519 g/mol. The normalized spacial score (nSPS) is 14.8. The van der Waals surface area contributed by atoms with Crippen molar-refractivity contribution in [3.8, 4) is 0 Å². The number of rotatable bonds is 16. The van der Waals surface area contributed by atoms with E-state index in [2.05, 4.69) is 10.6 Å². The van der Waals surface area contributed by atoms with Gasteiger partial charge in [0.05, 0.1) is 12.2 Å². The van der Waals surface area contributed by atoms with E-state index in [-0.39, 0.29) is 19.5 Å². The average molecular weight is 519 g/mol. The molecule has 2 atom stereocenters. The average Bonchev–Trinajstić information content (AvgIpc) is 3.13. The highest BCUT2D eigenvalue weighted by molar-refractivity contribution is 6.28. The highest BCUT2D eigenvalue weighted by Crippen LogP contribution is 2.20. The van der Waals surface area contributed by atoms with Crippen LogP contribution in [-0.2, 0) is 35.2 Å². The summed E-state index contributed by atoms with van der Waals surface area (Å²) in [4.78, 5) is 70.9. The van der Waals surface area contributed by atoms with Gasteiger partial charge in [0.25, 0.3) is 11.8 Å². The number of imide groups is 1. The lowest BCUT2D eigenvalue weighted by Crippen LogP contribution is -2.53. The Labute approximate surface area is 211 Å². The van der Waals surface area contributed by atoms with Crippen LogP contribution in [0.15, 0.2) is 36.4 Å². The molecule has 0 spiro atoms. The first-order chi connectivity index (χ1) is 17.4. The summed E-state index contributed by atoms with van der Waals surface area (Å²) in [7, 11) is 0. The van der Waals surface area contributed by atoms with Gasteiger partial charge in [-0.25, -0.2) is 19.8 Å². The van der Waals surface area contributed by atoms with E-state index in [1.165, 1.54) is 11.8 Å². The zero-order chi connectivity index (χ0) is 27.7. The SMILES string of the molecule is C[C@@H](CN(CC(=O)O)C[C@H](Cc1ccc(N2C(=O)C=CC2=O)cc1)[N]CC(=O)O)NC(C(=O)O)C(=O)O. The summed E-state index contributed by atoms with van der Waals surface area (Å²) in [6, 6.07) is 3.02. The minimum atomic E-state index is -1.89. The molecule has 1 aromatic carbocycles. The zero-order valence-corrected chi connectivity index (χ0v) is 19.8. The van der Waals surface area contributed by atoms with Crippen LogP contribution >= 0.6 is 0 Å². The Morgan fingerprint density at radius 3 is 1.97 bits per heavy atom. The maximum absolute atomic E-state index is 11.9. The van der Waals surface area contributed by atoms with Gasteiger partial charge in [0, 0.05) is 37.3 Å². The quantitative estimate of drug-likeness (QED) is 0.126. The van der Waals surface area contributed by atoms with Crippen LogP contribution in [0, 0.1) is 0 Å². The summed E-state index contributed by atoms with van der Waals surface area (Å²) < 4.78 is 0. The maximum Gasteiger partial charge on any atom is 0.332 e. The number of hydrogen-bond donors (Lipinski definition) is 5. The molecule has 0 aliphatic carbocycles. The standard InChI is InChI=1S/C23H27N4O10/c1-13(25-21(22(34)35)23(36)37)10-26(12-20(32)33)11-15(24-9-19(30)31)8-14-2-4-16(5-3-14)27-17(28)6-7-18(27)29/h2-7,13,15,21,25H,8-12H2,1H3,(H,30,31)(H,32,33)(H,34,35)(H,36,37)/t13-,15-/m0/s1. The molecule has 37 heavy (non-hydrogen) atoms. The van der Waals surface area contributed by atoms with Gasteiger partial charge >= 0.3 is 23.9 Å². The Morgan fingerprint density at radius 2 is 1.49 bits per heavy atom. The third-order valence-corrected chi connectivity index (χ3v) is 5.26. The molecule has 2 amide bonds. The minimum Gasteiger partial charge on any atom is -0.480 e. The molecule has 0 fully saturated rings. The van der Waals surface area contributed by atoms with E-state index < -0.39 is 66.9 Å². The largest absolute Gasteiger partial charge is 0.480 e. The van der Waals surface area contributed by atoms with Crippen molar-refractivity contribution in [3.63, 3.8) is 0 Å². The number of hydrogen-bond acceptors (Lipinski definition) is 8. The zero-order valence-electron chi connectivity index (χ0n) is 19.8. The van der Waals surface area contributed by atoms with Crippen LogP contribution in [0.1, 0.15) is 12.5 Å². The number of carboxylic acid groups (broad SMARTS) is 4. The van der Waals surface area contributed by atoms with Crippen molar-refractivity contribution >= 4 is 41.4 Å². The molecule has 14 heteroatoms. The van der Waals surface area contributed by atoms with Crippen molar-refractivity contribution in [2.24, 2.45) is 0 Å². The molecule has 0 saturated heterocycles. The Kier molecular flexibility index (Phi) is 10.4. The number of anilines is 1. The first kappa shape index (κ1) is 29.1. The van der Waals surface area contributed by atoms with Crippen molar-refractivity contribution in [1.82, 2.24) is 15.5 Å². The molecule has 14 nitrogen and oxygen atoms in total. The van der Waals surface area contributed by atoms with Gasteiger partial charge in [-0.1, -0.05) is 12.1 Å². The Bertz CT molecular complexity index is 1040. The predicted octanol–water partition coefficient (Wildman–Crippen LogP) is -1.38. The number of carbonyl (C=O) groups excluding carboxylic acids is 2. The van der Waals surface area contributed by atoms with E-state index in [9.17, 15) is 33.9 Å². The second-order valence-corrected chi connectivity index (χ2v) is 8.37. The smallest absolute Gasteiger partial charge is 0.332 e. The minimum absolute atomic E-state index is 0.0226. The number of carbonyl (C=O) groups is 6. The highest BCUT2D eigenvalue weighted by atomic mass is 16.4. The highest BCUT2D eigenvalue weighted by Gasteiger charge is 2.29. The van der Waals surface area contributed by atoms with Crippen LogP contribution in [0.5, 0.6) is 0 Å². The van der Waals surface area contributed by atoms with Crippen molar-refractivity contribution < 1.29 is 49.2 Å². The fourth-order valence-corrected chi connectivity index (χ4v) is 3.77. The summed E-state index contributed by atoms with van der Waals surface area (Å²) >= 11 is 0. The van der Waals surface area contributed by atoms with E-state index in [4.69, 9.17) is 15.3 Å². The van der Waals surface area contributed by atoms with Crippen LogP contribution < -0.4 is 15.5 Å². The maximum atomic E-state index is 11.9. The van der Waals surface area contributed by atoms with Crippen molar-refractivity contribution in [2.45, 2.75) is 31.5 Å². The molecule has 1 radical (unpaired) electrons. The number of aliphatic carboxylic acids is 4. The van der Waals surface area contributed by atoms with E-state index in [1.807, 2.05) is 0 Å². The molecule has 2 rings (SSSR count). The number of nitrogens with zero attached hydrogens (tertiary/aromatic N) is 3. The van der Waals surface area contributed by atoms with Crippen LogP contribution in [0.4, 0.5) is 5.69 Å². The van der Waals surface area contributed by atoms with Gasteiger partial charge in [0.1, 0.15) is 6.54 Å². The lowest BCUT2D eigenvalue weighted by molar-refractivity contribution is -0.151. The third kappa shape index (κ3) is 9.10. The molecule has 0 unspecified atom stereocenters. The summed E-state index contributed by atoms with van der Waals surface area (Å²) in [5.41, 5.74) is 1.02. The van der Waals surface area contributed by atoms with Gasteiger partial charge < -0.3 is 20.4 Å². The second kappa shape index (κ2) is 13.2. The van der Waals surface area contributed by atoms with Crippen LogP contribution in [0.25, 0.3) is 0 Å². The summed E-state index contributed by atoms with van der Waals surface area (Å²) in [5.74, 6) is -6.55. The molecular formula is C23H27N4O10. The van der Waals surface area contributed by atoms with Gasteiger partial charge in [0.2, 0.25) is 6.04 Å². The molecule has 1 aliphatic heterocycles. The van der Waals surface area contributed by atoms with E-state index >= 15 is 0 Å². The molecule has 1 aromatic rings. The first-order valence-electron chi connectivity index (χ1n) is 11.1. The third-order valence-electron chi connectivity index (χ3n) is 5.26. The van der Waals surface area contributed by atoms with Crippen molar-refractivity contribution in [1.29, 1.82) is 0 Å². The summed E-state index contributed by atoms with van der Waals surface area (Å²) in [5, 5.41) is 43.0. The molecule has 1 aliphatic rings. The molecule has 0 aromatic heterocycles. The fourth-order valence-electron chi connectivity index (χ4n) is 3.77. The van der Waals surface area contributed by atoms with Gasteiger partial charge in [0.15, 0.2) is 0 Å². The van der Waals surface area contributed by atoms with Crippen molar-refractivity contribution in [3.05, 3.63) is 42.0 Å². The summed E-state index contributed by atoms with van der Waals surface area (Å²) in [6.07, 6.45) is 2.50. The molecule has 5 N–H and O–H groups in total. The molecular weight excluding hydrogens is 492 g/mol. The lowest BCUT2D eigenvalue weighted by atomic mass is 10.0.